The molecule has 1 aromatic carbocycles. The lowest BCUT2D eigenvalue weighted by Gasteiger charge is -2.06. The van der Waals surface area contributed by atoms with E-state index in [-0.39, 0.29) is 11.5 Å². The molecule has 0 radical (unpaired) electrons. The summed E-state index contributed by atoms with van der Waals surface area (Å²) >= 11 is 1.45. The molecular weight excluding hydrogens is 286 g/mol. The Balaban J connectivity index is 2.23. The molecule has 0 aliphatic carbocycles. The van der Waals surface area contributed by atoms with Gasteiger partial charge in [-0.15, -0.1) is 11.3 Å². The van der Waals surface area contributed by atoms with Gasteiger partial charge in [-0.25, -0.2) is 4.79 Å². The van der Waals surface area contributed by atoms with Gasteiger partial charge in [0.05, 0.1) is 10.4 Å². The minimum absolute atomic E-state index is 0.199. The standard InChI is InChI=1S/C16H17NO3S/c1-4-11-7-14(21-10(11)3)15(18)17-12-6-5-9(2)13(8-12)16(19)20/h5-8H,4H2,1-3H3,(H,17,18)(H,19,20). The number of anilines is 1. The van der Waals surface area contributed by atoms with Gasteiger partial charge in [0.2, 0.25) is 0 Å². The summed E-state index contributed by atoms with van der Waals surface area (Å²) in [6.07, 6.45) is 0.892. The third-order valence-electron chi connectivity index (χ3n) is 3.35. The number of benzene rings is 1. The Morgan fingerprint density at radius 1 is 1.24 bits per heavy atom. The van der Waals surface area contributed by atoms with Crippen LogP contribution in [-0.2, 0) is 6.42 Å². The highest BCUT2D eigenvalue weighted by atomic mass is 32.1. The van der Waals surface area contributed by atoms with Crippen molar-refractivity contribution in [3.8, 4) is 0 Å². The molecule has 2 aromatic rings. The summed E-state index contributed by atoms with van der Waals surface area (Å²) in [4.78, 5) is 25.1. The molecule has 0 aliphatic heterocycles. The first-order valence-electron chi connectivity index (χ1n) is 6.67. The van der Waals surface area contributed by atoms with Gasteiger partial charge in [-0.05, 0) is 49.6 Å². The highest BCUT2D eigenvalue weighted by Gasteiger charge is 2.13. The summed E-state index contributed by atoms with van der Waals surface area (Å²) in [5, 5.41) is 11.9. The number of hydrogen-bond donors (Lipinski definition) is 2. The number of carboxylic acids is 1. The van der Waals surface area contributed by atoms with Gasteiger partial charge in [-0.1, -0.05) is 13.0 Å². The van der Waals surface area contributed by atoms with E-state index in [2.05, 4.69) is 12.2 Å². The summed E-state index contributed by atoms with van der Waals surface area (Å²) in [5.41, 5.74) is 2.53. The molecule has 0 atom stereocenters. The zero-order valence-electron chi connectivity index (χ0n) is 12.2. The lowest BCUT2D eigenvalue weighted by atomic mass is 10.1. The molecule has 110 valence electrons. The lowest BCUT2D eigenvalue weighted by molar-refractivity contribution is 0.0695. The van der Waals surface area contributed by atoms with Crippen molar-refractivity contribution >= 4 is 28.9 Å². The summed E-state index contributed by atoms with van der Waals surface area (Å²) < 4.78 is 0. The van der Waals surface area contributed by atoms with Gasteiger partial charge < -0.3 is 10.4 Å². The lowest BCUT2D eigenvalue weighted by Crippen LogP contribution is -2.11. The Morgan fingerprint density at radius 2 is 1.95 bits per heavy atom. The van der Waals surface area contributed by atoms with E-state index in [1.807, 2.05) is 13.0 Å². The van der Waals surface area contributed by atoms with Gasteiger partial charge in [0.15, 0.2) is 0 Å². The van der Waals surface area contributed by atoms with Crippen LogP contribution in [0.15, 0.2) is 24.3 Å². The molecule has 0 fully saturated rings. The van der Waals surface area contributed by atoms with Crippen molar-refractivity contribution in [3.05, 3.63) is 50.7 Å². The van der Waals surface area contributed by atoms with Crippen LogP contribution in [0.3, 0.4) is 0 Å². The number of aryl methyl sites for hydroxylation is 3. The fourth-order valence-corrected chi connectivity index (χ4v) is 3.11. The van der Waals surface area contributed by atoms with Crippen molar-refractivity contribution in [2.24, 2.45) is 0 Å². The molecule has 21 heavy (non-hydrogen) atoms. The molecule has 4 nitrogen and oxygen atoms in total. The van der Waals surface area contributed by atoms with Crippen LogP contribution in [0.2, 0.25) is 0 Å². The van der Waals surface area contributed by atoms with Crippen LogP contribution < -0.4 is 5.32 Å². The maximum Gasteiger partial charge on any atom is 0.336 e. The molecule has 0 saturated carbocycles. The molecule has 1 heterocycles. The molecule has 0 saturated heterocycles. The Morgan fingerprint density at radius 3 is 2.52 bits per heavy atom. The van der Waals surface area contributed by atoms with Crippen LogP contribution in [0.1, 0.15) is 43.0 Å². The summed E-state index contributed by atoms with van der Waals surface area (Å²) in [6.45, 7) is 5.77. The topological polar surface area (TPSA) is 66.4 Å². The van der Waals surface area contributed by atoms with Crippen LogP contribution in [0.25, 0.3) is 0 Å². The van der Waals surface area contributed by atoms with E-state index < -0.39 is 5.97 Å². The molecule has 2 rings (SSSR count). The first kappa shape index (κ1) is 15.3. The normalized spacial score (nSPS) is 10.4. The van der Waals surface area contributed by atoms with Gasteiger partial charge in [0.1, 0.15) is 0 Å². The van der Waals surface area contributed by atoms with Crippen molar-refractivity contribution in [2.45, 2.75) is 27.2 Å². The van der Waals surface area contributed by atoms with Crippen molar-refractivity contribution in [3.63, 3.8) is 0 Å². The number of hydrogen-bond acceptors (Lipinski definition) is 3. The van der Waals surface area contributed by atoms with Crippen molar-refractivity contribution in [1.29, 1.82) is 0 Å². The van der Waals surface area contributed by atoms with E-state index in [0.717, 1.165) is 11.3 Å². The molecule has 0 aliphatic rings. The smallest absolute Gasteiger partial charge is 0.336 e. The monoisotopic (exact) mass is 303 g/mol. The van der Waals surface area contributed by atoms with Gasteiger partial charge in [-0.3, -0.25) is 4.79 Å². The molecule has 1 aromatic heterocycles. The number of aromatic carboxylic acids is 1. The molecule has 2 N–H and O–H groups in total. The molecular formula is C16H17NO3S. The number of thiophene rings is 1. The summed E-state index contributed by atoms with van der Waals surface area (Å²) in [6, 6.07) is 6.77. The minimum atomic E-state index is -0.996. The van der Waals surface area contributed by atoms with Crippen molar-refractivity contribution in [2.75, 3.05) is 5.32 Å². The third kappa shape index (κ3) is 3.31. The molecule has 0 bridgehead atoms. The first-order valence-corrected chi connectivity index (χ1v) is 7.48. The van der Waals surface area contributed by atoms with Crippen LogP contribution in [-0.4, -0.2) is 17.0 Å². The van der Waals surface area contributed by atoms with Crippen LogP contribution in [0.5, 0.6) is 0 Å². The van der Waals surface area contributed by atoms with Gasteiger partial charge in [-0.2, -0.15) is 0 Å². The molecule has 0 unspecified atom stereocenters. The Labute approximate surface area is 127 Å². The number of rotatable bonds is 4. The third-order valence-corrected chi connectivity index (χ3v) is 4.44. The number of carboxylic acid groups (broad SMARTS) is 1. The Kier molecular flexibility index (Phi) is 4.43. The van der Waals surface area contributed by atoms with E-state index in [1.165, 1.54) is 23.0 Å². The maximum absolute atomic E-state index is 12.2. The second-order valence-electron chi connectivity index (χ2n) is 4.83. The highest BCUT2D eigenvalue weighted by molar-refractivity contribution is 7.14. The number of carbonyl (C=O) groups excluding carboxylic acids is 1. The zero-order valence-corrected chi connectivity index (χ0v) is 13.0. The Hall–Kier alpha value is -2.14. The van der Waals surface area contributed by atoms with Gasteiger partial charge in [0, 0.05) is 10.6 Å². The van der Waals surface area contributed by atoms with E-state index >= 15 is 0 Å². The van der Waals surface area contributed by atoms with Crippen LogP contribution in [0.4, 0.5) is 5.69 Å². The predicted octanol–water partition coefficient (Wildman–Crippen LogP) is 3.88. The van der Waals surface area contributed by atoms with E-state index in [0.29, 0.717) is 16.1 Å². The average molecular weight is 303 g/mol. The fourth-order valence-electron chi connectivity index (χ4n) is 2.11. The van der Waals surface area contributed by atoms with Crippen molar-refractivity contribution < 1.29 is 14.7 Å². The second-order valence-corrected chi connectivity index (χ2v) is 6.09. The fraction of sp³-hybridized carbons (Fsp3) is 0.250. The second kappa shape index (κ2) is 6.10. The molecule has 1 amide bonds. The van der Waals surface area contributed by atoms with Gasteiger partial charge in [0.25, 0.3) is 5.91 Å². The highest BCUT2D eigenvalue weighted by Crippen LogP contribution is 2.23. The van der Waals surface area contributed by atoms with Crippen LogP contribution in [0, 0.1) is 13.8 Å². The summed E-state index contributed by atoms with van der Waals surface area (Å²) in [5.74, 6) is -1.20. The largest absolute Gasteiger partial charge is 0.478 e. The van der Waals surface area contributed by atoms with Crippen molar-refractivity contribution in [1.82, 2.24) is 0 Å². The number of amides is 1. The first-order chi connectivity index (χ1) is 9.92. The Bertz CT molecular complexity index is 704. The van der Waals surface area contributed by atoms with E-state index in [4.69, 9.17) is 5.11 Å². The number of carbonyl (C=O) groups is 2. The molecule has 0 spiro atoms. The number of nitrogens with one attached hydrogen (secondary N) is 1. The zero-order chi connectivity index (χ0) is 15.6. The molecule has 5 heteroatoms. The summed E-state index contributed by atoms with van der Waals surface area (Å²) in [7, 11) is 0. The van der Waals surface area contributed by atoms with Gasteiger partial charge >= 0.3 is 5.97 Å². The van der Waals surface area contributed by atoms with E-state index in [1.54, 1.807) is 19.1 Å². The average Bonchev–Trinajstić information content (AvgIpc) is 2.82. The maximum atomic E-state index is 12.2. The SMILES string of the molecule is CCc1cc(C(=O)Nc2ccc(C)c(C(=O)O)c2)sc1C. The predicted molar refractivity (Wildman–Crippen MR) is 84.5 cm³/mol. The van der Waals surface area contributed by atoms with E-state index in [9.17, 15) is 9.59 Å². The quantitative estimate of drug-likeness (QED) is 0.900. The van der Waals surface area contributed by atoms with Crippen LogP contribution >= 0.6 is 11.3 Å². The minimum Gasteiger partial charge on any atom is -0.478 e.